The molecular formula is C25H37IN4O3. The second kappa shape index (κ2) is 18.3. The Balaban J connectivity index is 0.00000544. The number of benzene rings is 2. The molecule has 0 aromatic heterocycles. The number of hydrogen-bond donors (Lipinski definition) is 2. The van der Waals surface area contributed by atoms with Crippen LogP contribution in [-0.2, 0) is 27.3 Å². The Hall–Kier alpha value is -2.17. The SMILES string of the molecule is CN(C)C(=O)CN=C(NCCCOCCOCc1ccccc1)NCCc1ccccc1.I. The van der Waals surface area contributed by atoms with Crippen molar-refractivity contribution >= 4 is 35.8 Å². The number of hydrogen-bond acceptors (Lipinski definition) is 4. The van der Waals surface area contributed by atoms with E-state index in [1.165, 1.54) is 5.56 Å². The Kier molecular flexibility index (Phi) is 16.0. The van der Waals surface area contributed by atoms with Crippen molar-refractivity contribution in [1.29, 1.82) is 0 Å². The summed E-state index contributed by atoms with van der Waals surface area (Å²) in [7, 11) is 3.46. The smallest absolute Gasteiger partial charge is 0.243 e. The molecule has 33 heavy (non-hydrogen) atoms. The van der Waals surface area contributed by atoms with E-state index < -0.39 is 0 Å². The molecule has 2 aromatic rings. The van der Waals surface area contributed by atoms with E-state index in [0.717, 1.165) is 24.9 Å². The van der Waals surface area contributed by atoms with E-state index in [1.54, 1.807) is 19.0 Å². The summed E-state index contributed by atoms with van der Waals surface area (Å²) in [5.74, 6) is 0.607. The number of guanidine groups is 1. The summed E-state index contributed by atoms with van der Waals surface area (Å²) in [6, 6.07) is 20.4. The Labute approximate surface area is 215 Å². The molecule has 0 aliphatic carbocycles. The molecule has 0 saturated carbocycles. The van der Waals surface area contributed by atoms with Gasteiger partial charge in [0.2, 0.25) is 5.91 Å². The number of rotatable bonds is 14. The highest BCUT2D eigenvalue weighted by molar-refractivity contribution is 14.0. The number of ether oxygens (including phenoxy) is 2. The minimum absolute atomic E-state index is 0. The zero-order valence-electron chi connectivity index (χ0n) is 19.7. The first-order chi connectivity index (χ1) is 15.6. The fraction of sp³-hybridized carbons (Fsp3) is 0.440. The van der Waals surface area contributed by atoms with E-state index in [1.807, 2.05) is 48.5 Å². The summed E-state index contributed by atoms with van der Waals surface area (Å²) in [5.41, 5.74) is 2.42. The molecule has 1 amide bonds. The molecule has 182 valence electrons. The van der Waals surface area contributed by atoms with Crippen molar-refractivity contribution in [3.05, 3.63) is 71.8 Å². The van der Waals surface area contributed by atoms with Crippen molar-refractivity contribution in [2.24, 2.45) is 4.99 Å². The Bertz CT molecular complexity index is 789. The second-order valence-corrected chi connectivity index (χ2v) is 7.55. The van der Waals surface area contributed by atoms with E-state index in [4.69, 9.17) is 9.47 Å². The van der Waals surface area contributed by atoms with E-state index in [2.05, 4.69) is 27.8 Å². The largest absolute Gasteiger partial charge is 0.379 e. The van der Waals surface area contributed by atoms with Gasteiger partial charge in [-0.15, -0.1) is 24.0 Å². The minimum Gasteiger partial charge on any atom is -0.379 e. The van der Waals surface area contributed by atoms with Crippen LogP contribution >= 0.6 is 24.0 Å². The summed E-state index contributed by atoms with van der Waals surface area (Å²) in [5, 5.41) is 6.58. The molecule has 8 heteroatoms. The van der Waals surface area contributed by atoms with Crippen LogP contribution in [0.15, 0.2) is 65.7 Å². The summed E-state index contributed by atoms with van der Waals surface area (Å²) < 4.78 is 11.2. The Morgan fingerprint density at radius 2 is 1.45 bits per heavy atom. The molecule has 0 bridgehead atoms. The topological polar surface area (TPSA) is 75.2 Å². The molecular weight excluding hydrogens is 531 g/mol. The number of carbonyl (C=O) groups is 1. The van der Waals surface area contributed by atoms with Crippen LogP contribution in [0.5, 0.6) is 0 Å². The van der Waals surface area contributed by atoms with E-state index in [-0.39, 0.29) is 36.4 Å². The zero-order chi connectivity index (χ0) is 22.9. The summed E-state index contributed by atoms with van der Waals surface area (Å²) in [4.78, 5) is 17.8. The monoisotopic (exact) mass is 568 g/mol. The van der Waals surface area contributed by atoms with Crippen LogP contribution in [0, 0.1) is 0 Å². The maximum Gasteiger partial charge on any atom is 0.243 e. The standard InChI is InChI=1S/C25H36N4O3.HI/c1-29(2)24(30)20-28-25(27-16-14-22-10-5-3-6-11-22)26-15-9-17-31-18-19-32-21-23-12-7-4-8-13-23;/h3-8,10-13H,9,14-21H2,1-2H3,(H2,26,27,28);1H. The van der Waals surface area contributed by atoms with Crippen LogP contribution < -0.4 is 10.6 Å². The molecule has 0 aliphatic rings. The van der Waals surface area contributed by atoms with Gasteiger partial charge in [0.1, 0.15) is 6.54 Å². The lowest BCUT2D eigenvalue weighted by molar-refractivity contribution is -0.127. The molecule has 0 aliphatic heterocycles. The lowest BCUT2D eigenvalue weighted by Gasteiger charge is -2.14. The predicted molar refractivity (Wildman–Crippen MR) is 144 cm³/mol. The highest BCUT2D eigenvalue weighted by Crippen LogP contribution is 2.00. The quantitative estimate of drug-likeness (QED) is 0.159. The number of carbonyl (C=O) groups excluding carboxylic acids is 1. The molecule has 0 spiro atoms. The lowest BCUT2D eigenvalue weighted by Crippen LogP contribution is -2.40. The van der Waals surface area contributed by atoms with Crippen molar-refractivity contribution in [3.8, 4) is 0 Å². The number of amides is 1. The highest BCUT2D eigenvalue weighted by Gasteiger charge is 2.04. The molecule has 0 saturated heterocycles. The van der Waals surface area contributed by atoms with E-state index in [9.17, 15) is 4.79 Å². The van der Waals surface area contributed by atoms with Gasteiger partial charge < -0.3 is 25.0 Å². The number of halogens is 1. The highest BCUT2D eigenvalue weighted by atomic mass is 127. The van der Waals surface area contributed by atoms with E-state index in [0.29, 0.717) is 38.9 Å². The normalized spacial score (nSPS) is 10.9. The maximum atomic E-state index is 11.9. The van der Waals surface area contributed by atoms with Gasteiger partial charge in [0, 0.05) is 33.8 Å². The van der Waals surface area contributed by atoms with Crippen molar-refractivity contribution < 1.29 is 14.3 Å². The molecule has 2 aromatic carbocycles. The second-order valence-electron chi connectivity index (χ2n) is 7.55. The first kappa shape index (κ1) is 28.9. The number of nitrogens with one attached hydrogen (secondary N) is 2. The number of likely N-dealkylation sites (N-methyl/N-ethyl adjacent to an activating group) is 1. The Morgan fingerprint density at radius 1 is 0.848 bits per heavy atom. The lowest BCUT2D eigenvalue weighted by atomic mass is 10.1. The van der Waals surface area contributed by atoms with Gasteiger partial charge >= 0.3 is 0 Å². The van der Waals surface area contributed by atoms with E-state index >= 15 is 0 Å². The molecule has 0 fully saturated rings. The van der Waals surface area contributed by atoms with Crippen LogP contribution in [0.2, 0.25) is 0 Å². The number of aliphatic imine (C=N–C) groups is 1. The fourth-order valence-corrected chi connectivity index (χ4v) is 2.80. The van der Waals surface area contributed by atoms with Gasteiger partial charge in [-0.25, -0.2) is 4.99 Å². The zero-order valence-corrected chi connectivity index (χ0v) is 22.0. The minimum atomic E-state index is -0.0343. The van der Waals surface area contributed by atoms with Crippen molar-refractivity contribution in [2.75, 3.05) is 53.6 Å². The summed E-state index contributed by atoms with van der Waals surface area (Å²) in [6.45, 7) is 3.94. The van der Waals surface area contributed by atoms with Crippen molar-refractivity contribution in [1.82, 2.24) is 15.5 Å². The van der Waals surface area contributed by atoms with Crippen LogP contribution in [-0.4, -0.2) is 70.3 Å². The third-order valence-electron chi connectivity index (χ3n) is 4.66. The molecule has 2 N–H and O–H groups in total. The molecule has 7 nitrogen and oxygen atoms in total. The third kappa shape index (κ3) is 13.9. The van der Waals surface area contributed by atoms with Gasteiger partial charge in [0.05, 0.1) is 19.8 Å². The molecule has 0 unspecified atom stereocenters. The van der Waals surface area contributed by atoms with Crippen LogP contribution in [0.25, 0.3) is 0 Å². The van der Waals surface area contributed by atoms with Crippen LogP contribution in [0.4, 0.5) is 0 Å². The fourth-order valence-electron chi connectivity index (χ4n) is 2.80. The van der Waals surface area contributed by atoms with Gasteiger partial charge in [0.15, 0.2) is 5.96 Å². The average molecular weight is 568 g/mol. The van der Waals surface area contributed by atoms with Gasteiger partial charge in [-0.05, 0) is 24.0 Å². The van der Waals surface area contributed by atoms with Gasteiger partial charge in [-0.3, -0.25) is 4.79 Å². The van der Waals surface area contributed by atoms with Crippen LogP contribution in [0.3, 0.4) is 0 Å². The van der Waals surface area contributed by atoms with Crippen molar-refractivity contribution in [2.45, 2.75) is 19.4 Å². The van der Waals surface area contributed by atoms with Gasteiger partial charge in [-0.2, -0.15) is 0 Å². The first-order valence-electron chi connectivity index (χ1n) is 11.1. The maximum absolute atomic E-state index is 11.9. The van der Waals surface area contributed by atoms with Crippen molar-refractivity contribution in [3.63, 3.8) is 0 Å². The Morgan fingerprint density at radius 3 is 2.12 bits per heavy atom. The van der Waals surface area contributed by atoms with Gasteiger partial charge in [-0.1, -0.05) is 60.7 Å². The predicted octanol–water partition coefficient (Wildman–Crippen LogP) is 3.09. The molecule has 0 atom stereocenters. The molecule has 0 heterocycles. The molecule has 2 rings (SSSR count). The summed E-state index contributed by atoms with van der Waals surface area (Å²) in [6.07, 6.45) is 1.72. The van der Waals surface area contributed by atoms with Crippen LogP contribution in [0.1, 0.15) is 17.5 Å². The first-order valence-corrected chi connectivity index (χ1v) is 11.1. The molecule has 0 radical (unpaired) electrons. The average Bonchev–Trinajstić information content (AvgIpc) is 2.82. The van der Waals surface area contributed by atoms with Gasteiger partial charge in [0.25, 0.3) is 0 Å². The summed E-state index contributed by atoms with van der Waals surface area (Å²) >= 11 is 0. The third-order valence-corrected chi connectivity index (χ3v) is 4.66. The number of nitrogens with zero attached hydrogens (tertiary/aromatic N) is 2.